The first-order valence-corrected chi connectivity index (χ1v) is 13.2. The lowest BCUT2D eigenvalue weighted by Gasteiger charge is -2.34. The first-order chi connectivity index (χ1) is 20.0. The maximum absolute atomic E-state index is 15.1. The molecule has 2 aromatic carbocycles. The molecule has 1 aliphatic heterocycles. The number of ether oxygens (including phenoxy) is 2. The van der Waals surface area contributed by atoms with Crippen molar-refractivity contribution in [3.05, 3.63) is 95.5 Å². The van der Waals surface area contributed by atoms with E-state index in [0.29, 0.717) is 24.0 Å². The number of fused-ring (bicyclic) bond motifs is 1. The Bertz CT molecular complexity index is 1660. The van der Waals surface area contributed by atoms with E-state index in [1.165, 1.54) is 55.9 Å². The molecule has 2 atom stereocenters. The van der Waals surface area contributed by atoms with Crippen LogP contribution >= 0.6 is 0 Å². The van der Waals surface area contributed by atoms with Gasteiger partial charge in [-0.05, 0) is 61.2 Å². The van der Waals surface area contributed by atoms with Gasteiger partial charge in [0.05, 0.1) is 19.1 Å². The fourth-order valence-corrected chi connectivity index (χ4v) is 5.79. The van der Waals surface area contributed by atoms with Gasteiger partial charge >= 0.3 is 6.18 Å². The molecule has 4 aromatic rings. The van der Waals surface area contributed by atoms with E-state index in [4.69, 9.17) is 15.2 Å². The number of rotatable bonds is 8. The van der Waals surface area contributed by atoms with E-state index in [2.05, 4.69) is 9.97 Å². The Morgan fingerprint density at radius 2 is 1.95 bits per heavy atom. The van der Waals surface area contributed by atoms with Gasteiger partial charge < -0.3 is 24.9 Å². The third-order valence-electron chi connectivity index (χ3n) is 8.14. The number of amides is 1. The number of halogens is 4. The van der Waals surface area contributed by atoms with Crippen molar-refractivity contribution in [3.63, 3.8) is 0 Å². The van der Waals surface area contributed by atoms with Crippen molar-refractivity contribution in [3.8, 4) is 22.8 Å². The zero-order chi connectivity index (χ0) is 29.9. The molecular formula is C30H26F4N4O4. The minimum absolute atomic E-state index is 0.0166. The number of nitrogens with two attached hydrogens (primary N) is 1. The summed E-state index contributed by atoms with van der Waals surface area (Å²) in [5.74, 6) is -1.52. The fraction of sp³-hybridized carbons (Fsp3) is 0.300. The molecule has 12 heteroatoms. The third-order valence-corrected chi connectivity index (χ3v) is 8.14. The summed E-state index contributed by atoms with van der Waals surface area (Å²) in [6, 6.07) is 11.0. The normalized spacial score (nSPS) is 19.6. The summed E-state index contributed by atoms with van der Waals surface area (Å²) in [5, 5.41) is 12.4. The molecule has 0 spiro atoms. The number of aliphatic hydroxyl groups is 1. The summed E-state index contributed by atoms with van der Waals surface area (Å²) in [5.41, 5.74) is 1.54. The molecular weight excluding hydrogens is 556 g/mol. The topological polar surface area (TPSA) is 112 Å². The summed E-state index contributed by atoms with van der Waals surface area (Å²) in [6.07, 6.45) is -0.413. The van der Waals surface area contributed by atoms with E-state index in [0.717, 1.165) is 10.9 Å². The fourth-order valence-electron chi connectivity index (χ4n) is 5.79. The minimum atomic E-state index is -4.85. The average molecular weight is 583 g/mol. The second-order valence-corrected chi connectivity index (χ2v) is 10.6. The van der Waals surface area contributed by atoms with E-state index in [1.54, 1.807) is 12.1 Å². The number of methoxy groups -OCH3 is 1. The van der Waals surface area contributed by atoms with Crippen LogP contribution in [0.1, 0.15) is 40.0 Å². The molecule has 1 amide bonds. The highest BCUT2D eigenvalue weighted by Crippen LogP contribution is 2.55. The van der Waals surface area contributed by atoms with Crippen LogP contribution in [-0.4, -0.2) is 45.4 Å². The van der Waals surface area contributed by atoms with Crippen LogP contribution in [0.2, 0.25) is 0 Å². The molecule has 1 aliphatic carbocycles. The zero-order valence-electron chi connectivity index (χ0n) is 22.4. The molecule has 2 aromatic heterocycles. The summed E-state index contributed by atoms with van der Waals surface area (Å²) in [7, 11) is 1.40. The predicted molar refractivity (Wildman–Crippen MR) is 142 cm³/mol. The Balaban J connectivity index is 1.62. The number of hydrogen-bond donors (Lipinski definition) is 2. The van der Waals surface area contributed by atoms with Crippen LogP contribution in [0.4, 0.5) is 17.6 Å². The number of primary amides is 1. The van der Waals surface area contributed by atoms with Gasteiger partial charge in [-0.2, -0.15) is 13.2 Å². The lowest BCUT2D eigenvalue weighted by atomic mass is 9.81. The summed E-state index contributed by atoms with van der Waals surface area (Å²) < 4.78 is 71.3. The number of alkyl halides is 3. The van der Waals surface area contributed by atoms with Crippen LogP contribution < -0.4 is 15.2 Å². The van der Waals surface area contributed by atoms with Crippen molar-refractivity contribution in [1.29, 1.82) is 0 Å². The number of imidazole rings is 1. The monoisotopic (exact) mass is 582 g/mol. The van der Waals surface area contributed by atoms with Crippen molar-refractivity contribution in [2.45, 2.75) is 36.6 Å². The molecule has 42 heavy (non-hydrogen) atoms. The average Bonchev–Trinajstić information content (AvgIpc) is 3.53. The molecule has 6 rings (SSSR count). The first-order valence-electron chi connectivity index (χ1n) is 13.2. The Morgan fingerprint density at radius 1 is 1.21 bits per heavy atom. The number of carbonyl (C=O) groups excluding carboxylic acids is 1. The van der Waals surface area contributed by atoms with Gasteiger partial charge in [0, 0.05) is 41.1 Å². The van der Waals surface area contributed by atoms with E-state index < -0.39 is 35.6 Å². The van der Waals surface area contributed by atoms with Crippen molar-refractivity contribution < 1.29 is 36.9 Å². The SMILES string of the molecule is COc1cccc(C(N)=O)c1C[C@@](O)(c1cc2c(c(-c3ccc(F)cc3)n1)OC[C@@]2(n1ccnc1)C(F)(F)F)C1CC1. The maximum atomic E-state index is 15.1. The van der Waals surface area contributed by atoms with Crippen molar-refractivity contribution in [1.82, 2.24) is 14.5 Å². The minimum Gasteiger partial charge on any atom is -0.496 e. The van der Waals surface area contributed by atoms with E-state index in [1.807, 2.05) is 0 Å². The van der Waals surface area contributed by atoms with E-state index >= 15 is 13.2 Å². The Morgan fingerprint density at radius 3 is 2.55 bits per heavy atom. The summed E-state index contributed by atoms with van der Waals surface area (Å²) in [4.78, 5) is 20.9. The van der Waals surface area contributed by atoms with Gasteiger partial charge in [-0.1, -0.05) is 6.07 Å². The first kappa shape index (κ1) is 27.7. The number of aromatic nitrogens is 3. The van der Waals surface area contributed by atoms with Gasteiger partial charge in [0.2, 0.25) is 11.4 Å². The zero-order valence-corrected chi connectivity index (χ0v) is 22.4. The number of benzene rings is 2. The van der Waals surface area contributed by atoms with Gasteiger partial charge in [-0.3, -0.25) is 4.79 Å². The van der Waals surface area contributed by atoms with E-state index in [9.17, 15) is 14.3 Å². The predicted octanol–water partition coefficient (Wildman–Crippen LogP) is 4.73. The molecule has 3 heterocycles. The molecule has 0 radical (unpaired) electrons. The lowest BCUT2D eigenvalue weighted by Crippen LogP contribution is -2.49. The number of hydrogen-bond acceptors (Lipinski definition) is 6. The largest absolute Gasteiger partial charge is 0.496 e. The Hall–Kier alpha value is -4.45. The van der Waals surface area contributed by atoms with Crippen LogP contribution in [0.5, 0.6) is 11.5 Å². The molecule has 2 aliphatic rings. The second kappa shape index (κ2) is 9.83. The van der Waals surface area contributed by atoms with Crippen LogP contribution in [-0.2, 0) is 17.6 Å². The standard InChI is InChI=1S/C30H26F4N4O4/c1-41-23-4-2-3-20(27(35)39)21(23)14-28(40,18-7-8-18)24-13-22-26(25(37-24)17-5-9-19(31)10-6-17)42-15-29(22,30(32,33)34)38-12-11-36-16-38/h2-6,9-13,16,18,40H,7-8,14-15H2,1H3,(H2,35,39)/t28-,29-/m0/s1. The van der Waals surface area contributed by atoms with Crippen LogP contribution in [0.25, 0.3) is 11.3 Å². The molecule has 218 valence electrons. The van der Waals surface area contributed by atoms with Gasteiger partial charge in [-0.15, -0.1) is 0 Å². The van der Waals surface area contributed by atoms with Gasteiger partial charge in [0.25, 0.3) is 0 Å². The second-order valence-electron chi connectivity index (χ2n) is 10.6. The number of nitrogens with zero attached hydrogens (tertiary/aromatic N) is 3. The molecule has 8 nitrogen and oxygen atoms in total. The van der Waals surface area contributed by atoms with Gasteiger partial charge in [0.15, 0.2) is 5.75 Å². The van der Waals surface area contributed by atoms with Crippen molar-refractivity contribution in [2.24, 2.45) is 11.7 Å². The highest BCUT2D eigenvalue weighted by Gasteiger charge is 2.63. The van der Waals surface area contributed by atoms with E-state index in [-0.39, 0.29) is 46.4 Å². The Labute approximate surface area is 237 Å². The highest BCUT2D eigenvalue weighted by molar-refractivity contribution is 5.95. The molecule has 1 saturated carbocycles. The molecule has 3 N–H and O–H groups in total. The third kappa shape index (κ3) is 4.28. The van der Waals surface area contributed by atoms with Gasteiger partial charge in [0.1, 0.15) is 29.5 Å². The molecule has 1 fully saturated rings. The lowest BCUT2D eigenvalue weighted by molar-refractivity contribution is -0.202. The smallest absolute Gasteiger partial charge is 0.419 e. The van der Waals surface area contributed by atoms with Crippen LogP contribution in [0.15, 0.2) is 67.3 Å². The molecule has 0 bridgehead atoms. The van der Waals surface area contributed by atoms with Crippen molar-refractivity contribution in [2.75, 3.05) is 13.7 Å². The van der Waals surface area contributed by atoms with Gasteiger partial charge in [-0.25, -0.2) is 14.4 Å². The highest BCUT2D eigenvalue weighted by atomic mass is 19.4. The number of pyridine rings is 1. The maximum Gasteiger partial charge on any atom is 0.419 e. The molecule has 0 saturated heterocycles. The van der Waals surface area contributed by atoms with Crippen molar-refractivity contribution >= 4 is 5.91 Å². The summed E-state index contributed by atoms with van der Waals surface area (Å²) >= 11 is 0. The summed E-state index contributed by atoms with van der Waals surface area (Å²) in [6.45, 7) is -0.804. The Kier molecular flexibility index (Phi) is 6.48. The molecule has 0 unspecified atom stereocenters. The van der Waals surface area contributed by atoms with Crippen LogP contribution in [0, 0.1) is 11.7 Å². The quantitative estimate of drug-likeness (QED) is 0.291. The van der Waals surface area contributed by atoms with Crippen LogP contribution in [0.3, 0.4) is 0 Å². The number of carbonyl (C=O) groups is 1.